The van der Waals surface area contributed by atoms with Crippen molar-refractivity contribution in [2.75, 3.05) is 34.2 Å². The molecule has 0 aromatic heterocycles. The first-order valence-corrected chi connectivity index (χ1v) is 3.86. The van der Waals surface area contributed by atoms with Crippen molar-refractivity contribution in [3.8, 4) is 0 Å². The summed E-state index contributed by atoms with van der Waals surface area (Å²) in [6, 6.07) is 0. The molecule has 0 amide bonds. The zero-order valence-electron chi connectivity index (χ0n) is 8.23. The Bertz CT molecular complexity index is 174. The highest BCUT2D eigenvalue weighted by atomic mass is 16.8. The Balaban J connectivity index is 3.72. The van der Waals surface area contributed by atoms with E-state index < -0.39 is 0 Å². The average Bonchev–Trinajstić information content (AvgIpc) is 1.81. The SMILES string of the molecule is C[N+](C)(C)CCN=C(N)NN(O)O. The molecule has 0 spiro atoms. The first-order valence-electron chi connectivity index (χ1n) is 3.86. The van der Waals surface area contributed by atoms with Crippen molar-refractivity contribution in [2.45, 2.75) is 0 Å². The van der Waals surface area contributed by atoms with Gasteiger partial charge in [0, 0.05) is 5.34 Å². The number of aliphatic imine (C=N–C) groups is 1. The molecular weight excluding hydrogens is 174 g/mol. The van der Waals surface area contributed by atoms with Gasteiger partial charge in [0.15, 0.2) is 0 Å². The van der Waals surface area contributed by atoms with Crippen LogP contribution in [0.4, 0.5) is 0 Å². The van der Waals surface area contributed by atoms with Crippen LogP contribution < -0.4 is 11.2 Å². The number of hydrogen-bond donors (Lipinski definition) is 4. The van der Waals surface area contributed by atoms with Crippen LogP contribution in [0.25, 0.3) is 0 Å². The lowest BCUT2D eigenvalue weighted by atomic mass is 10.5. The molecule has 7 heteroatoms. The molecule has 0 saturated carbocycles. The lowest BCUT2D eigenvalue weighted by molar-refractivity contribution is -0.868. The molecule has 0 fully saturated rings. The van der Waals surface area contributed by atoms with E-state index in [0.717, 1.165) is 11.0 Å². The highest BCUT2D eigenvalue weighted by Gasteiger charge is 2.05. The van der Waals surface area contributed by atoms with Crippen LogP contribution in [0.15, 0.2) is 4.99 Å². The van der Waals surface area contributed by atoms with Crippen LogP contribution in [0.3, 0.4) is 0 Å². The molecule has 5 N–H and O–H groups in total. The minimum atomic E-state index is -0.231. The molecule has 0 unspecified atom stereocenters. The topological polar surface area (TPSA) is 94.1 Å². The van der Waals surface area contributed by atoms with Crippen LogP contribution in [-0.2, 0) is 0 Å². The van der Waals surface area contributed by atoms with E-state index in [9.17, 15) is 0 Å². The first kappa shape index (κ1) is 12.1. The Morgan fingerprint density at radius 1 is 1.46 bits per heavy atom. The van der Waals surface area contributed by atoms with E-state index in [2.05, 4.69) is 4.99 Å². The fraction of sp³-hybridized carbons (Fsp3) is 0.833. The van der Waals surface area contributed by atoms with Crippen molar-refractivity contribution >= 4 is 5.96 Å². The Labute approximate surface area is 77.5 Å². The third-order valence-corrected chi connectivity index (χ3v) is 1.27. The van der Waals surface area contributed by atoms with Crippen molar-refractivity contribution in [3.63, 3.8) is 0 Å². The normalized spacial score (nSPS) is 13.5. The fourth-order valence-electron chi connectivity index (χ4n) is 0.608. The molecule has 0 aliphatic heterocycles. The van der Waals surface area contributed by atoms with Crippen LogP contribution in [0.5, 0.6) is 0 Å². The van der Waals surface area contributed by atoms with Crippen LogP contribution in [0.2, 0.25) is 0 Å². The maximum absolute atomic E-state index is 8.30. The summed E-state index contributed by atoms with van der Waals surface area (Å²) in [5, 5.41) is 16.4. The molecule has 0 aliphatic rings. The van der Waals surface area contributed by atoms with Crippen molar-refractivity contribution in [1.82, 2.24) is 10.8 Å². The van der Waals surface area contributed by atoms with Crippen molar-refractivity contribution in [3.05, 3.63) is 0 Å². The van der Waals surface area contributed by atoms with E-state index in [0.29, 0.717) is 6.54 Å². The molecule has 7 nitrogen and oxygen atoms in total. The van der Waals surface area contributed by atoms with E-state index >= 15 is 0 Å². The zero-order valence-corrected chi connectivity index (χ0v) is 8.23. The summed E-state index contributed by atoms with van der Waals surface area (Å²) in [6.45, 7) is 1.34. The van der Waals surface area contributed by atoms with Gasteiger partial charge in [-0.2, -0.15) is 0 Å². The first-order chi connectivity index (χ1) is 5.81. The van der Waals surface area contributed by atoms with Crippen LogP contribution in [0, 0.1) is 0 Å². The van der Waals surface area contributed by atoms with Gasteiger partial charge < -0.3 is 10.2 Å². The van der Waals surface area contributed by atoms with Crippen molar-refractivity contribution in [2.24, 2.45) is 10.7 Å². The number of nitrogens with one attached hydrogen (secondary N) is 1. The lowest BCUT2D eigenvalue weighted by Crippen LogP contribution is -2.43. The smallest absolute Gasteiger partial charge is 0.207 e. The summed E-state index contributed by atoms with van der Waals surface area (Å²) in [5.74, 6) is -0.0292. The largest absolute Gasteiger partial charge is 0.369 e. The van der Waals surface area contributed by atoms with Gasteiger partial charge in [0.05, 0.1) is 34.2 Å². The van der Waals surface area contributed by atoms with E-state index in [1.165, 1.54) is 0 Å². The predicted octanol–water partition coefficient (Wildman–Crippen LogP) is -1.41. The minimum absolute atomic E-state index is 0.0292. The van der Waals surface area contributed by atoms with Gasteiger partial charge in [-0.15, -0.1) is 0 Å². The van der Waals surface area contributed by atoms with Gasteiger partial charge in [-0.25, -0.2) is 10.4 Å². The summed E-state index contributed by atoms with van der Waals surface area (Å²) in [6.07, 6.45) is 0. The number of hydrogen-bond acceptors (Lipinski definition) is 4. The Morgan fingerprint density at radius 2 is 2.00 bits per heavy atom. The van der Waals surface area contributed by atoms with Gasteiger partial charge in [0.2, 0.25) is 5.96 Å². The molecule has 0 aliphatic carbocycles. The summed E-state index contributed by atoms with van der Waals surface area (Å²) < 4.78 is 0.777. The summed E-state index contributed by atoms with van der Waals surface area (Å²) in [4.78, 5) is 3.86. The lowest BCUT2D eigenvalue weighted by Gasteiger charge is -2.22. The Kier molecular flexibility index (Phi) is 4.63. The van der Waals surface area contributed by atoms with Crippen LogP contribution in [-0.4, -0.2) is 60.4 Å². The highest BCUT2D eigenvalue weighted by Crippen LogP contribution is 1.88. The highest BCUT2D eigenvalue weighted by molar-refractivity contribution is 5.77. The van der Waals surface area contributed by atoms with Crippen LogP contribution >= 0.6 is 0 Å². The molecule has 0 atom stereocenters. The number of hydrazine groups is 1. The third-order valence-electron chi connectivity index (χ3n) is 1.27. The second-order valence-corrected chi connectivity index (χ2v) is 3.68. The number of rotatable bonds is 4. The monoisotopic (exact) mass is 192 g/mol. The third kappa shape index (κ3) is 9.02. The van der Waals surface area contributed by atoms with E-state index in [4.69, 9.17) is 16.1 Å². The number of nitrogens with two attached hydrogens (primary N) is 1. The van der Waals surface area contributed by atoms with E-state index in [1.807, 2.05) is 26.6 Å². The van der Waals surface area contributed by atoms with Gasteiger partial charge in [-0.1, -0.05) is 0 Å². The van der Waals surface area contributed by atoms with Gasteiger partial charge in [0.1, 0.15) is 0 Å². The average molecular weight is 192 g/mol. The van der Waals surface area contributed by atoms with Crippen molar-refractivity contribution < 1.29 is 14.9 Å². The van der Waals surface area contributed by atoms with E-state index in [1.54, 1.807) is 0 Å². The zero-order chi connectivity index (χ0) is 10.5. The maximum Gasteiger partial charge on any atom is 0.207 e. The van der Waals surface area contributed by atoms with Gasteiger partial charge >= 0.3 is 0 Å². The molecule has 0 bridgehead atoms. The molecule has 0 aromatic rings. The quantitative estimate of drug-likeness (QED) is 0.190. The summed E-state index contributed by atoms with van der Waals surface area (Å²) in [7, 11) is 6.09. The standard InChI is InChI=1S/C6H18N5O2/c1-11(2,3)5-4-8-6(7)9-10(12)13/h12-13H,4-5H2,1-3H3,(H3,7,8,9)/q+1. The number of guanidine groups is 1. The second kappa shape index (κ2) is 4.97. The molecule has 13 heavy (non-hydrogen) atoms. The molecule has 0 rings (SSSR count). The Hall–Kier alpha value is -0.890. The van der Waals surface area contributed by atoms with Gasteiger partial charge in [-0.05, 0) is 0 Å². The van der Waals surface area contributed by atoms with Crippen LogP contribution in [0.1, 0.15) is 0 Å². The molecule has 0 aromatic carbocycles. The predicted molar refractivity (Wildman–Crippen MR) is 47.9 cm³/mol. The number of quaternary nitrogens is 1. The van der Waals surface area contributed by atoms with E-state index in [-0.39, 0.29) is 11.3 Å². The van der Waals surface area contributed by atoms with Gasteiger partial charge in [-0.3, -0.25) is 10.4 Å². The number of nitrogens with zero attached hydrogens (tertiary/aromatic N) is 3. The second-order valence-electron chi connectivity index (χ2n) is 3.68. The molecule has 0 saturated heterocycles. The molecule has 0 heterocycles. The molecular formula is C6H18N5O2+. The number of likely N-dealkylation sites (N-methyl/N-ethyl adjacent to an activating group) is 1. The summed E-state index contributed by atoms with van der Waals surface area (Å²) >= 11 is 0. The minimum Gasteiger partial charge on any atom is -0.369 e. The molecule has 0 radical (unpaired) electrons. The fourth-order valence-corrected chi connectivity index (χ4v) is 0.608. The van der Waals surface area contributed by atoms with Gasteiger partial charge in [0.25, 0.3) is 0 Å². The van der Waals surface area contributed by atoms with Crippen molar-refractivity contribution in [1.29, 1.82) is 0 Å². The molecule has 78 valence electrons. The Morgan fingerprint density at radius 3 is 2.38 bits per heavy atom. The maximum atomic E-state index is 8.30. The summed E-state index contributed by atoms with van der Waals surface area (Å²) in [5.41, 5.74) is 7.27.